The third-order valence-electron chi connectivity index (χ3n) is 2.34. The second-order valence-corrected chi connectivity index (χ2v) is 5.33. The fraction of sp³-hybridized carbons (Fsp3) is 1.00. The molecule has 1 aliphatic carbocycles. The van der Waals surface area contributed by atoms with Crippen LogP contribution in [-0.2, 0) is 14.8 Å². The topological polar surface area (TPSA) is 69.4 Å². The quantitative estimate of drug-likeness (QED) is 0.667. The lowest BCUT2D eigenvalue weighted by atomic mass is 10.1. The van der Waals surface area contributed by atoms with Gasteiger partial charge < -0.3 is 4.74 Å². The molecule has 1 aliphatic rings. The summed E-state index contributed by atoms with van der Waals surface area (Å²) in [6, 6.07) is 0. The highest BCUT2D eigenvalue weighted by Gasteiger charge is 2.14. The predicted octanol–water partition coefficient (Wildman–Crippen LogP) is 0.482. The Morgan fingerprint density at radius 3 is 2.46 bits per heavy atom. The van der Waals surface area contributed by atoms with E-state index in [4.69, 9.17) is 9.88 Å². The zero-order valence-corrected chi connectivity index (χ0v) is 8.55. The molecule has 1 rings (SSSR count). The molecule has 0 amide bonds. The summed E-state index contributed by atoms with van der Waals surface area (Å²) in [7, 11) is -3.34. The van der Waals surface area contributed by atoms with Crippen molar-refractivity contribution in [1.82, 2.24) is 0 Å². The highest BCUT2D eigenvalue weighted by Crippen LogP contribution is 2.24. The molecule has 0 heterocycles. The van der Waals surface area contributed by atoms with Crippen LogP contribution in [0, 0.1) is 5.92 Å². The highest BCUT2D eigenvalue weighted by atomic mass is 32.2. The van der Waals surface area contributed by atoms with Crippen molar-refractivity contribution in [3.8, 4) is 0 Å². The van der Waals surface area contributed by atoms with E-state index in [-0.39, 0.29) is 12.4 Å². The van der Waals surface area contributed by atoms with Gasteiger partial charge in [-0.2, -0.15) is 0 Å². The van der Waals surface area contributed by atoms with Gasteiger partial charge in [-0.05, 0) is 18.8 Å². The Hall–Kier alpha value is -0.130. The maximum absolute atomic E-state index is 10.5. The molecule has 4 nitrogen and oxygen atoms in total. The van der Waals surface area contributed by atoms with E-state index >= 15 is 0 Å². The minimum atomic E-state index is -3.34. The van der Waals surface area contributed by atoms with E-state index in [2.05, 4.69) is 0 Å². The smallest absolute Gasteiger partial charge is 0.211 e. The fourth-order valence-electron chi connectivity index (χ4n) is 1.60. The second-order valence-electron chi connectivity index (χ2n) is 3.59. The molecule has 1 fully saturated rings. The minimum absolute atomic E-state index is 0.0697. The molecule has 5 heteroatoms. The van der Waals surface area contributed by atoms with Crippen molar-refractivity contribution < 1.29 is 13.2 Å². The molecule has 0 aromatic carbocycles. The van der Waals surface area contributed by atoms with Gasteiger partial charge in [0.2, 0.25) is 10.0 Å². The number of nitrogens with two attached hydrogens (primary N) is 1. The van der Waals surface area contributed by atoms with Crippen LogP contribution in [0.5, 0.6) is 0 Å². The monoisotopic (exact) mass is 207 g/mol. The van der Waals surface area contributed by atoms with Crippen molar-refractivity contribution in [1.29, 1.82) is 0 Å². The Bertz CT molecular complexity index is 232. The van der Waals surface area contributed by atoms with Crippen molar-refractivity contribution >= 4 is 10.0 Å². The normalized spacial score (nSPS) is 19.5. The lowest BCUT2D eigenvalue weighted by Crippen LogP contribution is -2.21. The third-order valence-corrected chi connectivity index (χ3v) is 3.08. The average molecular weight is 207 g/mol. The lowest BCUT2D eigenvalue weighted by molar-refractivity contribution is 0.114. The lowest BCUT2D eigenvalue weighted by Gasteiger charge is -2.08. The minimum Gasteiger partial charge on any atom is -0.380 e. The maximum atomic E-state index is 10.5. The fourth-order valence-corrected chi connectivity index (χ4v) is 1.95. The van der Waals surface area contributed by atoms with Gasteiger partial charge in [0, 0.05) is 6.61 Å². The number of sulfonamides is 1. The van der Waals surface area contributed by atoms with E-state index in [1.54, 1.807) is 0 Å². The van der Waals surface area contributed by atoms with E-state index in [1.807, 2.05) is 0 Å². The zero-order valence-electron chi connectivity index (χ0n) is 7.74. The van der Waals surface area contributed by atoms with Crippen LogP contribution in [0.25, 0.3) is 0 Å². The highest BCUT2D eigenvalue weighted by molar-refractivity contribution is 7.89. The predicted molar refractivity (Wildman–Crippen MR) is 50.8 cm³/mol. The van der Waals surface area contributed by atoms with E-state index in [1.165, 1.54) is 25.7 Å². The summed E-state index contributed by atoms with van der Waals surface area (Å²) in [5.41, 5.74) is 0. The van der Waals surface area contributed by atoms with Gasteiger partial charge in [-0.1, -0.05) is 12.8 Å². The van der Waals surface area contributed by atoms with Crippen molar-refractivity contribution in [3.05, 3.63) is 0 Å². The van der Waals surface area contributed by atoms with Crippen molar-refractivity contribution in [2.24, 2.45) is 11.1 Å². The van der Waals surface area contributed by atoms with Gasteiger partial charge in [-0.3, -0.25) is 0 Å². The molecule has 0 atom stereocenters. The van der Waals surface area contributed by atoms with Gasteiger partial charge in [0.15, 0.2) is 0 Å². The molecule has 78 valence electrons. The van der Waals surface area contributed by atoms with Crippen LogP contribution in [0.1, 0.15) is 25.7 Å². The van der Waals surface area contributed by atoms with Crippen LogP contribution in [-0.4, -0.2) is 27.4 Å². The van der Waals surface area contributed by atoms with Gasteiger partial charge in [0.25, 0.3) is 0 Å². The number of rotatable bonds is 5. The van der Waals surface area contributed by atoms with E-state index < -0.39 is 10.0 Å². The summed E-state index contributed by atoms with van der Waals surface area (Å²) in [5.74, 6) is 0.570. The van der Waals surface area contributed by atoms with Crippen LogP contribution in [0.2, 0.25) is 0 Å². The van der Waals surface area contributed by atoms with Crippen LogP contribution >= 0.6 is 0 Å². The summed E-state index contributed by atoms with van der Waals surface area (Å²) >= 11 is 0. The van der Waals surface area contributed by atoms with E-state index in [0.29, 0.717) is 12.5 Å². The zero-order chi connectivity index (χ0) is 9.73. The molecule has 0 aromatic heterocycles. The molecule has 0 aliphatic heterocycles. The van der Waals surface area contributed by atoms with E-state index in [0.717, 1.165) is 0 Å². The van der Waals surface area contributed by atoms with Gasteiger partial charge in [-0.25, -0.2) is 13.6 Å². The summed E-state index contributed by atoms with van der Waals surface area (Å²) in [4.78, 5) is 0. The first kappa shape index (κ1) is 10.9. The number of ether oxygens (including phenoxy) is 1. The molecule has 0 bridgehead atoms. The average Bonchev–Trinajstić information content (AvgIpc) is 2.48. The Kier molecular flexibility index (Phi) is 4.15. The SMILES string of the molecule is NS(=O)(=O)CCOCC1CCCC1. The Morgan fingerprint density at radius 1 is 1.31 bits per heavy atom. The van der Waals surface area contributed by atoms with Crippen molar-refractivity contribution in [2.45, 2.75) is 25.7 Å². The number of primary sulfonamides is 1. The Balaban J connectivity index is 2.01. The molecule has 0 spiro atoms. The first-order valence-electron chi connectivity index (χ1n) is 4.66. The standard InChI is InChI=1S/C8H17NO3S/c9-13(10,11)6-5-12-7-8-3-1-2-4-8/h8H,1-7H2,(H2,9,10,11). The second kappa shape index (κ2) is 4.93. The third kappa shape index (κ3) is 5.23. The summed E-state index contributed by atoms with van der Waals surface area (Å²) in [5, 5.41) is 4.82. The largest absolute Gasteiger partial charge is 0.380 e. The van der Waals surface area contributed by atoms with Crippen LogP contribution in [0.3, 0.4) is 0 Å². The first-order valence-corrected chi connectivity index (χ1v) is 6.38. The Morgan fingerprint density at radius 2 is 1.92 bits per heavy atom. The van der Waals surface area contributed by atoms with Gasteiger partial charge >= 0.3 is 0 Å². The maximum Gasteiger partial charge on any atom is 0.211 e. The number of hydrogen-bond acceptors (Lipinski definition) is 3. The number of hydrogen-bond donors (Lipinski definition) is 1. The first-order chi connectivity index (χ1) is 6.08. The van der Waals surface area contributed by atoms with Crippen molar-refractivity contribution in [3.63, 3.8) is 0 Å². The molecule has 0 unspecified atom stereocenters. The molecule has 1 saturated carbocycles. The molecule has 2 N–H and O–H groups in total. The van der Waals surface area contributed by atoms with Gasteiger partial charge in [0.05, 0.1) is 12.4 Å². The molecular weight excluding hydrogens is 190 g/mol. The summed E-state index contributed by atoms with van der Waals surface area (Å²) in [6.45, 7) is 0.921. The Labute approximate surface area is 79.5 Å². The molecular formula is C8H17NO3S. The van der Waals surface area contributed by atoms with Gasteiger partial charge in [-0.15, -0.1) is 0 Å². The summed E-state index contributed by atoms with van der Waals surface area (Å²) < 4.78 is 26.3. The van der Waals surface area contributed by atoms with Crippen LogP contribution in [0.4, 0.5) is 0 Å². The molecule has 0 radical (unpaired) electrons. The molecule has 0 aromatic rings. The van der Waals surface area contributed by atoms with E-state index in [9.17, 15) is 8.42 Å². The molecule has 13 heavy (non-hydrogen) atoms. The van der Waals surface area contributed by atoms with Gasteiger partial charge in [0.1, 0.15) is 0 Å². The van der Waals surface area contributed by atoms with Crippen molar-refractivity contribution in [2.75, 3.05) is 19.0 Å². The van der Waals surface area contributed by atoms with Crippen LogP contribution in [0.15, 0.2) is 0 Å². The molecule has 0 saturated heterocycles. The van der Waals surface area contributed by atoms with Crippen LogP contribution < -0.4 is 5.14 Å². The summed E-state index contributed by atoms with van der Waals surface area (Å²) in [6.07, 6.45) is 5.00.